The summed E-state index contributed by atoms with van der Waals surface area (Å²) < 4.78 is 16.6. The number of nitrogens with one attached hydrogen (secondary N) is 2. The molecule has 1 aromatic heterocycles. The van der Waals surface area contributed by atoms with Crippen molar-refractivity contribution in [1.82, 2.24) is 15.3 Å². The summed E-state index contributed by atoms with van der Waals surface area (Å²) >= 11 is 6.40. The molecule has 0 amide bonds. The minimum absolute atomic E-state index is 0.116. The van der Waals surface area contributed by atoms with Gasteiger partial charge in [-0.25, -0.2) is 9.97 Å². The quantitative estimate of drug-likeness (QED) is 0.477. The van der Waals surface area contributed by atoms with Gasteiger partial charge in [0, 0.05) is 49.2 Å². The van der Waals surface area contributed by atoms with E-state index in [0.717, 1.165) is 5.70 Å². The van der Waals surface area contributed by atoms with Crippen LogP contribution in [-0.2, 0) is 4.79 Å². The molecule has 0 saturated heterocycles. The summed E-state index contributed by atoms with van der Waals surface area (Å²) in [6, 6.07) is 3.26. The van der Waals surface area contributed by atoms with Crippen LogP contribution in [0, 0.1) is 5.92 Å². The van der Waals surface area contributed by atoms with Crippen LogP contribution in [0.25, 0.3) is 0 Å². The lowest BCUT2D eigenvalue weighted by atomic mass is 9.74. The summed E-state index contributed by atoms with van der Waals surface area (Å²) in [5, 5.41) is 6.45. The standard InChI is InChI=1S/C22H23ClN4O5/c1-12-9-13(24-7-8-27-21-25-5-4-6-26-21)10-16(28)22(12)20(29)17-14(30-2)11-15(31-3)18(23)19(17)32-22/h4-6,10-12,24H,7-9H2,1-3H3,(H,25,26,27). The van der Waals surface area contributed by atoms with Crippen molar-refractivity contribution < 1.29 is 23.8 Å². The van der Waals surface area contributed by atoms with Gasteiger partial charge in [-0.05, 0) is 12.5 Å². The number of halogens is 1. The average Bonchev–Trinajstić information content (AvgIpc) is 3.11. The highest BCUT2D eigenvalue weighted by Crippen LogP contribution is 2.52. The van der Waals surface area contributed by atoms with Gasteiger partial charge in [0.2, 0.25) is 23.1 Å². The van der Waals surface area contributed by atoms with Crippen LogP contribution >= 0.6 is 11.6 Å². The van der Waals surface area contributed by atoms with Crippen LogP contribution in [0.1, 0.15) is 23.7 Å². The number of carbonyl (C=O) groups is 2. The molecule has 2 N–H and O–H groups in total. The van der Waals surface area contributed by atoms with Crippen LogP contribution in [0.15, 0.2) is 36.3 Å². The Balaban J connectivity index is 1.52. The first kappa shape index (κ1) is 21.9. The zero-order chi connectivity index (χ0) is 22.9. The molecule has 10 heteroatoms. The maximum absolute atomic E-state index is 13.5. The van der Waals surface area contributed by atoms with E-state index in [4.69, 9.17) is 25.8 Å². The number of aromatic nitrogens is 2. The highest BCUT2D eigenvalue weighted by molar-refractivity contribution is 6.36. The first-order valence-corrected chi connectivity index (χ1v) is 10.5. The minimum atomic E-state index is -1.67. The molecule has 32 heavy (non-hydrogen) atoms. The van der Waals surface area contributed by atoms with E-state index in [1.165, 1.54) is 26.4 Å². The Morgan fingerprint density at radius 3 is 2.50 bits per heavy atom. The van der Waals surface area contributed by atoms with E-state index in [-0.39, 0.29) is 22.1 Å². The molecule has 1 aliphatic carbocycles. The molecule has 2 atom stereocenters. The van der Waals surface area contributed by atoms with Gasteiger partial charge in [0.15, 0.2) is 5.75 Å². The number of benzene rings is 1. The molecule has 0 radical (unpaired) electrons. The number of Topliss-reactive ketones (excluding diaryl/α,β-unsaturated/α-hetero) is 1. The van der Waals surface area contributed by atoms with Crippen molar-refractivity contribution in [1.29, 1.82) is 0 Å². The fourth-order valence-corrected chi connectivity index (χ4v) is 4.30. The van der Waals surface area contributed by atoms with Crippen LogP contribution in [0.2, 0.25) is 5.02 Å². The lowest BCUT2D eigenvalue weighted by Crippen LogP contribution is -2.55. The molecule has 1 aliphatic heterocycles. The van der Waals surface area contributed by atoms with Gasteiger partial charge in [-0.3, -0.25) is 9.59 Å². The van der Waals surface area contributed by atoms with E-state index in [9.17, 15) is 9.59 Å². The van der Waals surface area contributed by atoms with E-state index >= 15 is 0 Å². The second kappa shape index (κ2) is 8.66. The zero-order valence-corrected chi connectivity index (χ0v) is 18.7. The van der Waals surface area contributed by atoms with Crippen LogP contribution < -0.4 is 24.8 Å². The predicted octanol–water partition coefficient (Wildman–Crippen LogP) is 2.66. The third kappa shape index (κ3) is 3.52. The predicted molar refractivity (Wildman–Crippen MR) is 118 cm³/mol. The molecule has 0 fully saturated rings. The maximum atomic E-state index is 13.5. The van der Waals surface area contributed by atoms with Crippen molar-refractivity contribution in [3.05, 3.63) is 46.9 Å². The fourth-order valence-electron chi connectivity index (χ4n) is 4.04. The SMILES string of the molecule is COc1cc(OC)c2c(c1Cl)OC1(C(=O)C=C(NCCNc3ncccn3)CC1C)C2=O. The number of ether oxygens (including phenoxy) is 3. The van der Waals surface area contributed by atoms with Gasteiger partial charge < -0.3 is 24.8 Å². The lowest BCUT2D eigenvalue weighted by Gasteiger charge is -2.35. The maximum Gasteiger partial charge on any atom is 0.236 e. The summed E-state index contributed by atoms with van der Waals surface area (Å²) in [6.45, 7) is 2.91. The summed E-state index contributed by atoms with van der Waals surface area (Å²) in [7, 11) is 2.89. The monoisotopic (exact) mass is 458 g/mol. The fraction of sp³-hybridized carbons (Fsp3) is 0.364. The average molecular weight is 459 g/mol. The topological polar surface area (TPSA) is 112 Å². The van der Waals surface area contributed by atoms with Crippen molar-refractivity contribution in [3.8, 4) is 17.2 Å². The van der Waals surface area contributed by atoms with E-state index in [1.807, 2.05) is 6.92 Å². The molecule has 2 aromatic rings. The number of hydrogen-bond donors (Lipinski definition) is 2. The molecule has 4 rings (SSSR count). The molecule has 2 unspecified atom stereocenters. The Hall–Kier alpha value is -3.33. The highest BCUT2D eigenvalue weighted by atomic mass is 35.5. The van der Waals surface area contributed by atoms with Gasteiger partial charge >= 0.3 is 0 Å². The Kier molecular flexibility index (Phi) is 5.92. The van der Waals surface area contributed by atoms with Gasteiger partial charge in [-0.1, -0.05) is 18.5 Å². The minimum Gasteiger partial charge on any atom is -0.496 e. The van der Waals surface area contributed by atoms with Crippen LogP contribution in [0.5, 0.6) is 17.2 Å². The van der Waals surface area contributed by atoms with Crippen molar-refractivity contribution in [2.24, 2.45) is 5.92 Å². The number of fused-ring (bicyclic) bond motifs is 1. The molecule has 2 aliphatic rings. The number of anilines is 1. The van der Waals surface area contributed by atoms with Gasteiger partial charge in [-0.15, -0.1) is 0 Å². The van der Waals surface area contributed by atoms with Crippen LogP contribution in [-0.4, -0.2) is 54.4 Å². The van der Waals surface area contributed by atoms with Crippen LogP contribution in [0.4, 0.5) is 5.95 Å². The van der Waals surface area contributed by atoms with E-state index in [2.05, 4.69) is 20.6 Å². The van der Waals surface area contributed by atoms with Crippen molar-refractivity contribution in [2.45, 2.75) is 18.9 Å². The van der Waals surface area contributed by atoms with Gasteiger partial charge in [0.1, 0.15) is 22.1 Å². The summed E-state index contributed by atoms with van der Waals surface area (Å²) in [6.07, 6.45) is 5.18. The lowest BCUT2D eigenvalue weighted by molar-refractivity contribution is -0.129. The third-order valence-electron chi connectivity index (χ3n) is 5.64. The number of nitrogens with zero attached hydrogens (tertiary/aromatic N) is 2. The third-order valence-corrected chi connectivity index (χ3v) is 5.99. The molecule has 0 saturated carbocycles. The number of carbonyl (C=O) groups excluding carboxylic acids is 2. The first-order valence-electron chi connectivity index (χ1n) is 10.1. The molecular formula is C22H23ClN4O5. The number of rotatable bonds is 7. The van der Waals surface area contributed by atoms with E-state index < -0.39 is 23.1 Å². The Morgan fingerprint density at radius 1 is 1.16 bits per heavy atom. The van der Waals surface area contributed by atoms with Crippen molar-refractivity contribution in [2.75, 3.05) is 32.6 Å². The highest BCUT2D eigenvalue weighted by Gasteiger charge is 2.60. The van der Waals surface area contributed by atoms with Crippen molar-refractivity contribution in [3.63, 3.8) is 0 Å². The number of hydrogen-bond acceptors (Lipinski definition) is 9. The van der Waals surface area contributed by atoms with Crippen LogP contribution in [0.3, 0.4) is 0 Å². The molecule has 0 bridgehead atoms. The normalized spacial score (nSPS) is 21.6. The van der Waals surface area contributed by atoms with Gasteiger partial charge in [0.05, 0.1) is 14.2 Å². The summed E-state index contributed by atoms with van der Waals surface area (Å²) in [5.74, 6) is -0.120. The van der Waals surface area contributed by atoms with Gasteiger partial charge in [0.25, 0.3) is 0 Å². The summed E-state index contributed by atoms with van der Waals surface area (Å²) in [5.41, 5.74) is -0.783. The largest absolute Gasteiger partial charge is 0.496 e. The summed E-state index contributed by atoms with van der Waals surface area (Å²) in [4.78, 5) is 34.9. The number of ketones is 2. The zero-order valence-electron chi connectivity index (χ0n) is 17.9. The number of methoxy groups -OCH3 is 2. The molecular weight excluding hydrogens is 436 g/mol. The Labute approximate surface area is 190 Å². The second-order valence-electron chi connectivity index (χ2n) is 7.53. The second-order valence-corrected chi connectivity index (χ2v) is 7.91. The molecule has 2 heterocycles. The van der Waals surface area contributed by atoms with E-state index in [1.54, 1.807) is 18.5 Å². The Morgan fingerprint density at radius 2 is 1.84 bits per heavy atom. The Bertz CT molecular complexity index is 1090. The number of allylic oxidation sites excluding steroid dienone is 1. The van der Waals surface area contributed by atoms with E-state index in [0.29, 0.717) is 31.2 Å². The van der Waals surface area contributed by atoms with Gasteiger partial charge in [-0.2, -0.15) is 0 Å². The molecule has 1 aromatic carbocycles. The first-order chi connectivity index (χ1) is 15.4. The molecule has 9 nitrogen and oxygen atoms in total. The molecule has 1 spiro atoms. The molecule has 168 valence electrons. The van der Waals surface area contributed by atoms with Crippen molar-refractivity contribution >= 4 is 29.1 Å². The smallest absolute Gasteiger partial charge is 0.236 e.